The maximum atomic E-state index is 13.8. The first-order valence-corrected chi connectivity index (χ1v) is 10.0. The molecule has 2 aliphatic rings. The van der Waals surface area contributed by atoms with E-state index in [0.29, 0.717) is 12.1 Å². The van der Waals surface area contributed by atoms with Crippen LogP contribution in [0.2, 0.25) is 0 Å². The van der Waals surface area contributed by atoms with Crippen molar-refractivity contribution in [3.63, 3.8) is 0 Å². The molecule has 2 amide bonds. The van der Waals surface area contributed by atoms with Crippen molar-refractivity contribution in [3.8, 4) is 0 Å². The highest BCUT2D eigenvalue weighted by Gasteiger charge is 2.37. The van der Waals surface area contributed by atoms with Gasteiger partial charge in [-0.05, 0) is 54.5 Å². The van der Waals surface area contributed by atoms with E-state index in [-0.39, 0.29) is 23.1 Å². The molecule has 0 radical (unpaired) electrons. The van der Waals surface area contributed by atoms with E-state index in [0.717, 1.165) is 38.5 Å². The standard InChI is InChI=1S/C20H22FN3O2S/c1-12-4-7-27-17(12)11-23-5-2-15(3-6-23)24-10-13-8-14(21)9-16(19(22)25)18(13)20(24)26/h4,7-9,15H,2-3,5-6,10-11H2,1H3,(H2,22,25). The second kappa shape index (κ2) is 7.05. The monoisotopic (exact) mass is 387 g/mol. The Morgan fingerprint density at radius 2 is 2.07 bits per heavy atom. The lowest BCUT2D eigenvalue weighted by molar-refractivity contribution is 0.0589. The quantitative estimate of drug-likeness (QED) is 0.877. The van der Waals surface area contributed by atoms with Crippen LogP contribution in [0.3, 0.4) is 0 Å². The number of carbonyl (C=O) groups excluding carboxylic acids is 2. The Bertz CT molecular complexity index is 903. The largest absolute Gasteiger partial charge is 0.366 e. The smallest absolute Gasteiger partial charge is 0.255 e. The van der Waals surface area contributed by atoms with Crippen molar-refractivity contribution >= 4 is 23.2 Å². The van der Waals surface area contributed by atoms with E-state index in [1.807, 2.05) is 0 Å². The molecule has 5 nitrogen and oxygen atoms in total. The first-order valence-electron chi connectivity index (χ1n) is 9.12. The minimum Gasteiger partial charge on any atom is -0.366 e. The summed E-state index contributed by atoms with van der Waals surface area (Å²) in [4.78, 5) is 30.1. The predicted molar refractivity (Wildman–Crippen MR) is 102 cm³/mol. The third kappa shape index (κ3) is 3.37. The van der Waals surface area contributed by atoms with Gasteiger partial charge in [0.2, 0.25) is 5.91 Å². The van der Waals surface area contributed by atoms with Crippen LogP contribution in [0.5, 0.6) is 0 Å². The van der Waals surface area contributed by atoms with E-state index < -0.39 is 11.7 Å². The SMILES string of the molecule is Cc1ccsc1CN1CCC(N2Cc3cc(F)cc(C(N)=O)c3C2=O)CC1. The van der Waals surface area contributed by atoms with Crippen LogP contribution >= 0.6 is 11.3 Å². The second-order valence-corrected chi connectivity index (χ2v) is 8.32. The van der Waals surface area contributed by atoms with Gasteiger partial charge >= 0.3 is 0 Å². The van der Waals surface area contributed by atoms with Crippen LogP contribution in [0, 0.1) is 12.7 Å². The highest BCUT2D eigenvalue weighted by molar-refractivity contribution is 7.10. The third-order valence-electron chi connectivity index (χ3n) is 5.60. The molecule has 0 spiro atoms. The molecule has 4 rings (SSSR count). The summed E-state index contributed by atoms with van der Waals surface area (Å²) < 4.78 is 13.8. The fourth-order valence-electron chi connectivity index (χ4n) is 4.09. The maximum Gasteiger partial charge on any atom is 0.255 e. The zero-order valence-electron chi connectivity index (χ0n) is 15.2. The Labute approximate surface area is 161 Å². The van der Waals surface area contributed by atoms with Crippen molar-refractivity contribution in [2.75, 3.05) is 13.1 Å². The van der Waals surface area contributed by atoms with Gasteiger partial charge in [-0.25, -0.2) is 4.39 Å². The fourth-order valence-corrected chi connectivity index (χ4v) is 5.03. The number of rotatable bonds is 4. The molecule has 0 atom stereocenters. The van der Waals surface area contributed by atoms with Crippen molar-refractivity contribution in [1.82, 2.24) is 9.80 Å². The van der Waals surface area contributed by atoms with Crippen molar-refractivity contribution in [1.29, 1.82) is 0 Å². The first-order chi connectivity index (χ1) is 12.9. The van der Waals surface area contributed by atoms with Gasteiger partial charge < -0.3 is 10.6 Å². The molecule has 0 saturated carbocycles. The molecule has 1 aromatic heterocycles. The zero-order chi connectivity index (χ0) is 19.1. The number of likely N-dealkylation sites (tertiary alicyclic amines) is 1. The summed E-state index contributed by atoms with van der Waals surface area (Å²) in [6.07, 6.45) is 1.75. The number of nitrogens with two attached hydrogens (primary N) is 1. The van der Waals surface area contributed by atoms with Crippen LogP contribution in [0.1, 0.15) is 49.6 Å². The molecule has 27 heavy (non-hydrogen) atoms. The van der Waals surface area contributed by atoms with Gasteiger partial charge in [0.1, 0.15) is 5.82 Å². The molecule has 2 aromatic rings. The Morgan fingerprint density at radius 3 is 2.70 bits per heavy atom. The Balaban J connectivity index is 1.45. The van der Waals surface area contributed by atoms with Crippen LogP contribution in [0.4, 0.5) is 4.39 Å². The normalized spacial score (nSPS) is 18.1. The van der Waals surface area contributed by atoms with Gasteiger partial charge in [0, 0.05) is 37.1 Å². The molecule has 0 bridgehead atoms. The van der Waals surface area contributed by atoms with Crippen molar-refractivity contribution < 1.29 is 14.0 Å². The summed E-state index contributed by atoms with van der Waals surface area (Å²) in [5.41, 5.74) is 7.51. The number of hydrogen-bond donors (Lipinski definition) is 1. The molecular formula is C20H22FN3O2S. The molecule has 1 saturated heterocycles. The molecule has 0 unspecified atom stereocenters. The van der Waals surface area contributed by atoms with Crippen LogP contribution in [0.25, 0.3) is 0 Å². The number of hydrogen-bond acceptors (Lipinski definition) is 4. The first kappa shape index (κ1) is 18.1. The van der Waals surface area contributed by atoms with Crippen LogP contribution in [-0.2, 0) is 13.1 Å². The summed E-state index contributed by atoms with van der Waals surface area (Å²) in [6.45, 7) is 5.26. The van der Waals surface area contributed by atoms with E-state index in [9.17, 15) is 14.0 Å². The van der Waals surface area contributed by atoms with Crippen molar-refractivity contribution in [2.45, 2.75) is 38.9 Å². The number of thiophene rings is 1. The van der Waals surface area contributed by atoms with E-state index >= 15 is 0 Å². The summed E-state index contributed by atoms with van der Waals surface area (Å²) in [6, 6.07) is 4.65. The van der Waals surface area contributed by atoms with Gasteiger partial charge in [-0.15, -0.1) is 11.3 Å². The van der Waals surface area contributed by atoms with Gasteiger partial charge in [0.05, 0.1) is 11.1 Å². The summed E-state index contributed by atoms with van der Waals surface area (Å²) >= 11 is 1.78. The van der Waals surface area contributed by atoms with E-state index in [2.05, 4.69) is 23.3 Å². The fraction of sp³-hybridized carbons (Fsp3) is 0.400. The Hall–Kier alpha value is -2.25. The topological polar surface area (TPSA) is 66.6 Å². The maximum absolute atomic E-state index is 13.8. The minimum atomic E-state index is -0.762. The number of carbonyl (C=O) groups is 2. The van der Waals surface area contributed by atoms with Crippen molar-refractivity contribution in [2.24, 2.45) is 5.73 Å². The molecule has 7 heteroatoms. The molecule has 1 aromatic carbocycles. The number of primary amides is 1. The number of piperidine rings is 1. The summed E-state index contributed by atoms with van der Waals surface area (Å²) in [5.74, 6) is -1.49. The number of fused-ring (bicyclic) bond motifs is 1. The zero-order valence-corrected chi connectivity index (χ0v) is 16.0. The summed E-state index contributed by atoms with van der Waals surface area (Å²) in [7, 11) is 0. The van der Waals surface area contributed by atoms with E-state index in [1.54, 1.807) is 16.2 Å². The van der Waals surface area contributed by atoms with E-state index in [4.69, 9.17) is 5.73 Å². The molecular weight excluding hydrogens is 365 g/mol. The molecule has 142 valence electrons. The number of halogens is 1. The van der Waals surface area contributed by atoms with Gasteiger partial charge in [0.15, 0.2) is 0 Å². The number of amides is 2. The highest BCUT2D eigenvalue weighted by Crippen LogP contribution is 2.32. The Kier molecular flexibility index (Phi) is 4.74. The van der Waals surface area contributed by atoms with Crippen LogP contribution in [0.15, 0.2) is 23.6 Å². The average molecular weight is 387 g/mol. The molecule has 3 heterocycles. The lowest BCUT2D eigenvalue weighted by Gasteiger charge is -2.36. The number of benzene rings is 1. The number of aryl methyl sites for hydroxylation is 1. The molecule has 2 aliphatic heterocycles. The lowest BCUT2D eigenvalue weighted by Crippen LogP contribution is -2.44. The van der Waals surface area contributed by atoms with Crippen LogP contribution in [-0.4, -0.2) is 40.7 Å². The second-order valence-electron chi connectivity index (χ2n) is 7.32. The number of nitrogens with zero attached hydrogens (tertiary/aromatic N) is 2. The van der Waals surface area contributed by atoms with Gasteiger partial charge in [-0.1, -0.05) is 0 Å². The molecule has 2 N–H and O–H groups in total. The van der Waals surface area contributed by atoms with Gasteiger partial charge in [-0.3, -0.25) is 14.5 Å². The minimum absolute atomic E-state index is 0.0110. The van der Waals surface area contributed by atoms with Crippen LogP contribution < -0.4 is 5.73 Å². The lowest BCUT2D eigenvalue weighted by atomic mass is 10.0. The van der Waals surface area contributed by atoms with Crippen molar-refractivity contribution in [3.05, 3.63) is 56.5 Å². The Morgan fingerprint density at radius 1 is 1.33 bits per heavy atom. The molecule has 1 fully saturated rings. The summed E-state index contributed by atoms with van der Waals surface area (Å²) in [5, 5.41) is 2.12. The van der Waals surface area contributed by atoms with E-state index in [1.165, 1.54) is 16.5 Å². The van der Waals surface area contributed by atoms with Gasteiger partial charge in [-0.2, -0.15) is 0 Å². The third-order valence-corrected chi connectivity index (χ3v) is 6.61. The van der Waals surface area contributed by atoms with Gasteiger partial charge in [0.25, 0.3) is 5.91 Å². The highest BCUT2D eigenvalue weighted by atomic mass is 32.1. The predicted octanol–water partition coefficient (Wildman–Crippen LogP) is 2.91. The average Bonchev–Trinajstić information content (AvgIpc) is 3.18. The molecule has 0 aliphatic carbocycles.